The number of hydrogen-bond donors (Lipinski definition) is 12. The van der Waals surface area contributed by atoms with Gasteiger partial charge in [0.1, 0.15) is 48.0 Å². The van der Waals surface area contributed by atoms with E-state index in [1.165, 1.54) is 12.1 Å². The van der Waals surface area contributed by atoms with Gasteiger partial charge in [0.05, 0.1) is 13.0 Å². The van der Waals surface area contributed by atoms with E-state index < -0.39 is 133 Å². The van der Waals surface area contributed by atoms with Crippen LogP contribution >= 0.6 is 21.6 Å². The van der Waals surface area contributed by atoms with E-state index in [1.807, 2.05) is 13.8 Å². The summed E-state index contributed by atoms with van der Waals surface area (Å²) < 4.78 is 0. The second-order valence-electron chi connectivity index (χ2n) is 17.6. The Balaban J connectivity index is 2.62. The maximum absolute atomic E-state index is 14.2. The van der Waals surface area contributed by atoms with Crippen LogP contribution in [0.2, 0.25) is 0 Å². The van der Waals surface area contributed by atoms with Crippen molar-refractivity contribution in [2.45, 2.75) is 135 Å². The van der Waals surface area contributed by atoms with E-state index in [1.54, 1.807) is 39.8 Å². The van der Waals surface area contributed by atoms with Crippen molar-refractivity contribution in [3.05, 3.63) is 29.8 Å². The average Bonchev–Trinajstić information content (AvgIpc) is 3.26. The Morgan fingerprint density at radius 1 is 0.696 bits per heavy atom. The minimum atomic E-state index is -1.75. The van der Waals surface area contributed by atoms with E-state index in [0.717, 1.165) is 21.6 Å². The van der Waals surface area contributed by atoms with Gasteiger partial charge >= 0.3 is 0 Å². The van der Waals surface area contributed by atoms with E-state index >= 15 is 0 Å². The number of carbonyl (C=O) groups is 11. The van der Waals surface area contributed by atoms with Gasteiger partial charge in [-0.1, -0.05) is 81.7 Å². The number of primary amides is 3. The van der Waals surface area contributed by atoms with Crippen molar-refractivity contribution >= 4 is 86.6 Å². The maximum atomic E-state index is 14.2. The van der Waals surface area contributed by atoms with Crippen LogP contribution in [0.1, 0.15) is 92.1 Å². The van der Waals surface area contributed by atoms with Crippen molar-refractivity contribution in [1.29, 1.82) is 0 Å². The Hall–Kier alpha value is -6.11. The molecule has 2 rings (SSSR count). The number of nitrogens with two attached hydrogens (primary N) is 3. The Morgan fingerprint density at radius 2 is 1.28 bits per heavy atom. The van der Waals surface area contributed by atoms with Crippen molar-refractivity contribution in [2.75, 3.05) is 18.1 Å². The number of nitrogens with one attached hydrogen (secondary N) is 8. The maximum Gasteiger partial charge on any atom is 0.244 e. The van der Waals surface area contributed by atoms with Crippen LogP contribution in [0, 0.1) is 17.8 Å². The van der Waals surface area contributed by atoms with Crippen LogP contribution in [0.25, 0.3) is 0 Å². The molecule has 11 amide bonds. The highest BCUT2D eigenvalue weighted by Crippen LogP contribution is 2.24. The molecule has 0 saturated carbocycles. The molecular formula is C44H69N11O12S2. The molecule has 1 saturated heterocycles. The number of carbonyl (C=O) groups excluding carboxylic acids is 11. The number of rotatable bonds is 20. The predicted molar refractivity (Wildman–Crippen MR) is 258 cm³/mol. The van der Waals surface area contributed by atoms with Crippen LogP contribution in [-0.4, -0.2) is 130 Å². The molecule has 1 aromatic carbocycles. The molecule has 25 heteroatoms. The number of benzene rings is 1. The van der Waals surface area contributed by atoms with E-state index in [0.29, 0.717) is 12.0 Å². The molecule has 8 atom stereocenters. The highest BCUT2D eigenvalue weighted by atomic mass is 33.1. The third-order valence-corrected chi connectivity index (χ3v) is 13.1. The van der Waals surface area contributed by atoms with Gasteiger partial charge in [-0.05, 0) is 54.7 Å². The SMILES string of the molecule is CC[C@H](C)[C@@H]1NC(=O)[C@H](Cc2ccc(O)cc2)NC(=O)CCSSC[C@@H](C(=O)N[C@@H](CC(C)C)C(=O)N[C@@H](CC(C)C)C(=O)NCC(N)=O)NC(=O)[C@H](CC(N)=O)NC(=O)[C@H](CCC(N)=O)NC1=O. The lowest BCUT2D eigenvalue weighted by atomic mass is 9.96. The molecule has 1 aliphatic heterocycles. The number of phenols is 1. The zero-order valence-corrected chi connectivity index (χ0v) is 41.5. The fourth-order valence-corrected chi connectivity index (χ4v) is 8.97. The molecule has 1 aliphatic rings. The van der Waals surface area contributed by atoms with Crippen molar-refractivity contribution in [2.24, 2.45) is 35.0 Å². The number of aromatic hydroxyl groups is 1. The second kappa shape index (κ2) is 29.7. The minimum absolute atomic E-state index is 0.0293. The molecule has 1 heterocycles. The van der Waals surface area contributed by atoms with Gasteiger partial charge in [0.2, 0.25) is 65.0 Å². The van der Waals surface area contributed by atoms with E-state index in [4.69, 9.17) is 17.2 Å². The monoisotopic (exact) mass is 1010 g/mol. The average molecular weight is 1010 g/mol. The Bertz CT molecular complexity index is 1990. The molecule has 1 fully saturated rings. The molecule has 69 heavy (non-hydrogen) atoms. The van der Waals surface area contributed by atoms with Gasteiger partial charge in [-0.2, -0.15) is 0 Å². The highest BCUT2D eigenvalue weighted by Gasteiger charge is 2.36. The first-order valence-corrected chi connectivity index (χ1v) is 25.2. The molecule has 0 bridgehead atoms. The third-order valence-electron chi connectivity index (χ3n) is 10.7. The topological polar surface area (TPSA) is 382 Å². The molecular weight excluding hydrogens is 939 g/mol. The van der Waals surface area contributed by atoms with Crippen LogP contribution in [0.15, 0.2) is 24.3 Å². The number of amides is 11. The van der Waals surface area contributed by atoms with Gasteiger partial charge in [0.25, 0.3) is 0 Å². The van der Waals surface area contributed by atoms with E-state index in [-0.39, 0.29) is 61.2 Å². The van der Waals surface area contributed by atoms with Gasteiger partial charge in [-0.15, -0.1) is 0 Å². The van der Waals surface area contributed by atoms with Crippen LogP contribution in [0.5, 0.6) is 5.75 Å². The smallest absolute Gasteiger partial charge is 0.244 e. The van der Waals surface area contributed by atoms with Crippen LogP contribution in [0.3, 0.4) is 0 Å². The zero-order valence-electron chi connectivity index (χ0n) is 39.8. The summed E-state index contributed by atoms with van der Waals surface area (Å²) in [5.41, 5.74) is 16.6. The molecule has 23 nitrogen and oxygen atoms in total. The summed E-state index contributed by atoms with van der Waals surface area (Å²) in [6.07, 6.45) is -1.21. The van der Waals surface area contributed by atoms with E-state index in [2.05, 4.69) is 42.5 Å². The molecule has 0 aromatic heterocycles. The van der Waals surface area contributed by atoms with Gasteiger partial charge in [-0.3, -0.25) is 52.7 Å². The first-order chi connectivity index (χ1) is 32.4. The Morgan fingerprint density at radius 3 is 1.84 bits per heavy atom. The van der Waals surface area contributed by atoms with Crippen molar-refractivity contribution in [3.8, 4) is 5.75 Å². The van der Waals surface area contributed by atoms with Gasteiger partial charge < -0.3 is 64.8 Å². The molecule has 1 aromatic rings. The number of phenolic OH excluding ortho intramolecular Hbond substituents is 1. The van der Waals surface area contributed by atoms with Gasteiger partial charge in [0.15, 0.2) is 0 Å². The summed E-state index contributed by atoms with van der Waals surface area (Å²) in [4.78, 5) is 146. The van der Waals surface area contributed by atoms with Crippen LogP contribution in [0.4, 0.5) is 0 Å². The molecule has 0 aliphatic carbocycles. The largest absolute Gasteiger partial charge is 0.508 e. The quantitative estimate of drug-likeness (QED) is 0.0629. The molecule has 0 unspecified atom stereocenters. The lowest BCUT2D eigenvalue weighted by Crippen LogP contribution is -2.61. The Labute approximate surface area is 409 Å². The lowest BCUT2D eigenvalue weighted by molar-refractivity contribution is -0.137. The summed E-state index contributed by atoms with van der Waals surface area (Å²) in [6.45, 7) is 10.1. The van der Waals surface area contributed by atoms with Gasteiger partial charge in [0, 0.05) is 30.8 Å². The van der Waals surface area contributed by atoms with Gasteiger partial charge in [-0.25, -0.2) is 0 Å². The van der Waals surface area contributed by atoms with E-state index in [9.17, 15) is 57.8 Å². The minimum Gasteiger partial charge on any atom is -0.508 e. The summed E-state index contributed by atoms with van der Waals surface area (Å²) >= 11 is 0. The first-order valence-electron chi connectivity index (χ1n) is 22.7. The van der Waals surface area contributed by atoms with Crippen molar-refractivity contribution < 1.29 is 57.8 Å². The van der Waals surface area contributed by atoms with Crippen molar-refractivity contribution in [1.82, 2.24) is 42.5 Å². The normalized spacial score (nSPS) is 21.4. The predicted octanol–water partition coefficient (Wildman–Crippen LogP) is -2.01. The first kappa shape index (κ1) is 59.0. The highest BCUT2D eigenvalue weighted by molar-refractivity contribution is 8.76. The standard InChI is InChI=1S/C44H69N11O12S2/c1-7-24(6)37-44(67)50-27(12-13-33(45)57)39(62)53-31(19-34(46)58)41(64)54-32(21-69-68-15-14-36(60)49-30(42(65)55-37)18-25-8-10-26(56)11-9-25)43(66)52-29(17-23(4)5)40(63)51-28(16-22(2)3)38(61)48-20-35(47)59/h8-11,22-24,27-32,37,56H,7,12-21H2,1-6H3,(H2,45,57)(H2,46,58)(H2,47,59)(H,48,61)(H,49,60)(H,50,67)(H,51,63)(H,52,66)(H,53,62)(H,54,64)(H,55,65)/t24-,27-,28-,29-,30-,31-,32-,37-/m0/s1. The number of hydrogen-bond acceptors (Lipinski definition) is 14. The van der Waals surface area contributed by atoms with Crippen LogP contribution in [-0.2, 0) is 59.2 Å². The fraction of sp³-hybridized carbons (Fsp3) is 0.614. The molecule has 384 valence electrons. The zero-order chi connectivity index (χ0) is 52.0. The summed E-state index contributed by atoms with van der Waals surface area (Å²) in [7, 11) is 2.18. The molecule has 0 spiro atoms. The summed E-state index contributed by atoms with van der Waals surface area (Å²) in [6, 6.07) is -3.78. The molecule has 15 N–H and O–H groups in total. The third kappa shape index (κ3) is 22.2. The lowest BCUT2D eigenvalue weighted by Gasteiger charge is -2.29. The summed E-state index contributed by atoms with van der Waals surface area (Å²) in [5, 5.41) is 30.3. The Kier molecular flexibility index (Phi) is 25.4. The molecule has 0 radical (unpaired) electrons. The fourth-order valence-electron chi connectivity index (χ4n) is 6.81. The summed E-state index contributed by atoms with van der Waals surface area (Å²) in [5.74, 6) is -10.2. The second-order valence-corrected chi connectivity index (χ2v) is 20.3. The van der Waals surface area contributed by atoms with Crippen LogP contribution < -0.4 is 59.7 Å². The van der Waals surface area contributed by atoms with Crippen molar-refractivity contribution in [3.63, 3.8) is 0 Å².